The summed E-state index contributed by atoms with van der Waals surface area (Å²) >= 11 is 0. The van der Waals surface area contributed by atoms with Gasteiger partial charge in [-0.05, 0) is 43.7 Å². The third-order valence-corrected chi connectivity index (χ3v) is 5.06. The first kappa shape index (κ1) is 19.9. The Morgan fingerprint density at radius 3 is 2.16 bits per heavy atom. The zero-order chi connectivity index (χ0) is 18.2. The Morgan fingerprint density at radius 2 is 1.60 bits per heavy atom. The first-order chi connectivity index (χ1) is 12.1. The molecule has 2 nitrogen and oxygen atoms in total. The van der Waals surface area contributed by atoms with E-state index in [0.717, 1.165) is 31.6 Å². The van der Waals surface area contributed by atoms with Crippen molar-refractivity contribution in [2.45, 2.75) is 65.0 Å². The van der Waals surface area contributed by atoms with Crippen LogP contribution in [0.5, 0.6) is 11.5 Å². The predicted octanol–water partition coefficient (Wildman–Crippen LogP) is 6.08. The smallest absolute Gasteiger partial charge is 0.204 e. The molecule has 1 unspecified atom stereocenters. The van der Waals surface area contributed by atoms with Crippen molar-refractivity contribution in [3.05, 3.63) is 23.8 Å². The van der Waals surface area contributed by atoms with E-state index < -0.39 is 17.8 Å². The maximum Gasteiger partial charge on any atom is 0.204 e. The molecule has 0 heterocycles. The van der Waals surface area contributed by atoms with Crippen LogP contribution in [0.25, 0.3) is 0 Å². The van der Waals surface area contributed by atoms with E-state index in [4.69, 9.17) is 9.47 Å². The van der Waals surface area contributed by atoms with Crippen molar-refractivity contribution in [3.63, 3.8) is 0 Å². The molecule has 0 aliphatic heterocycles. The molecule has 1 atom stereocenters. The van der Waals surface area contributed by atoms with Crippen LogP contribution in [0.2, 0.25) is 0 Å². The molecule has 1 aromatic carbocycles. The molecular weight excluding hydrogens is 329 g/mol. The van der Waals surface area contributed by atoms with Crippen LogP contribution in [0.4, 0.5) is 13.2 Å². The van der Waals surface area contributed by atoms with Gasteiger partial charge in [0.25, 0.3) is 0 Å². The van der Waals surface area contributed by atoms with Crippen LogP contribution in [-0.4, -0.2) is 19.4 Å². The maximum absolute atomic E-state index is 14.4. The van der Waals surface area contributed by atoms with Gasteiger partial charge in [0.1, 0.15) is 6.17 Å². The predicted molar refractivity (Wildman–Crippen MR) is 92.9 cm³/mol. The molecule has 0 spiro atoms. The topological polar surface area (TPSA) is 18.5 Å². The minimum absolute atomic E-state index is 0.0421. The lowest BCUT2D eigenvalue weighted by molar-refractivity contribution is 0.126. The summed E-state index contributed by atoms with van der Waals surface area (Å²) in [5.41, 5.74) is 0. The summed E-state index contributed by atoms with van der Waals surface area (Å²) in [5, 5.41) is 0. The standard InChI is InChI=1S/C20H29F3O2/c1-3-5-14-6-8-15(9-7-14)16(21)12-13-25-18-11-10-17(24-4-2)19(22)20(18)23/h10-11,14-16H,3-9,12-13H2,1-2H3. The fraction of sp³-hybridized carbons (Fsp3) is 0.700. The van der Waals surface area contributed by atoms with Gasteiger partial charge in [-0.2, -0.15) is 8.78 Å². The van der Waals surface area contributed by atoms with Crippen molar-refractivity contribution in [1.82, 2.24) is 0 Å². The molecule has 1 fully saturated rings. The Bertz CT molecular complexity index is 528. The lowest BCUT2D eigenvalue weighted by Crippen LogP contribution is -2.24. The summed E-state index contributed by atoms with van der Waals surface area (Å²) in [7, 11) is 0. The molecule has 0 radical (unpaired) electrons. The molecule has 1 aliphatic rings. The molecule has 0 aromatic heterocycles. The lowest BCUT2D eigenvalue weighted by atomic mass is 9.78. The second-order valence-corrected chi connectivity index (χ2v) is 6.85. The molecule has 5 heteroatoms. The minimum atomic E-state index is -1.08. The zero-order valence-corrected chi connectivity index (χ0v) is 15.2. The monoisotopic (exact) mass is 358 g/mol. The van der Waals surface area contributed by atoms with Crippen LogP contribution >= 0.6 is 0 Å². The highest BCUT2D eigenvalue weighted by atomic mass is 19.2. The molecule has 0 bridgehead atoms. The Hall–Kier alpha value is -1.39. The highest BCUT2D eigenvalue weighted by molar-refractivity contribution is 5.35. The number of rotatable bonds is 9. The summed E-state index contributed by atoms with van der Waals surface area (Å²) in [6.07, 6.45) is 5.70. The van der Waals surface area contributed by atoms with Crippen LogP contribution in [0.15, 0.2) is 12.1 Å². The van der Waals surface area contributed by atoms with Crippen molar-refractivity contribution in [2.75, 3.05) is 13.2 Å². The van der Waals surface area contributed by atoms with Gasteiger partial charge < -0.3 is 9.47 Å². The van der Waals surface area contributed by atoms with E-state index in [1.54, 1.807) is 6.92 Å². The quantitative estimate of drug-likeness (QED) is 0.533. The van der Waals surface area contributed by atoms with E-state index in [9.17, 15) is 13.2 Å². The van der Waals surface area contributed by atoms with Crippen LogP contribution in [0.1, 0.15) is 58.8 Å². The number of halogens is 3. The van der Waals surface area contributed by atoms with Crippen LogP contribution < -0.4 is 9.47 Å². The van der Waals surface area contributed by atoms with E-state index in [0.29, 0.717) is 0 Å². The van der Waals surface area contributed by atoms with Crippen molar-refractivity contribution < 1.29 is 22.6 Å². The molecule has 0 saturated heterocycles. The van der Waals surface area contributed by atoms with Gasteiger partial charge in [-0.1, -0.05) is 32.6 Å². The summed E-state index contributed by atoms with van der Waals surface area (Å²) in [4.78, 5) is 0. The van der Waals surface area contributed by atoms with Gasteiger partial charge in [0, 0.05) is 6.42 Å². The molecular formula is C20H29F3O2. The second kappa shape index (κ2) is 9.93. The summed E-state index contributed by atoms with van der Waals surface area (Å²) in [6.45, 7) is 4.17. The summed E-state index contributed by atoms with van der Waals surface area (Å²) in [6, 6.07) is 2.66. The molecule has 2 rings (SSSR count). The maximum atomic E-state index is 14.4. The first-order valence-electron chi connectivity index (χ1n) is 9.44. The average Bonchev–Trinajstić information content (AvgIpc) is 2.62. The molecule has 1 aliphatic carbocycles. The zero-order valence-electron chi connectivity index (χ0n) is 15.2. The van der Waals surface area contributed by atoms with Crippen molar-refractivity contribution in [2.24, 2.45) is 11.8 Å². The van der Waals surface area contributed by atoms with Gasteiger partial charge in [0.2, 0.25) is 11.6 Å². The summed E-state index contributed by atoms with van der Waals surface area (Å²) in [5.74, 6) is -1.67. The van der Waals surface area contributed by atoms with Crippen molar-refractivity contribution in [3.8, 4) is 11.5 Å². The minimum Gasteiger partial charge on any atom is -0.491 e. The highest BCUT2D eigenvalue weighted by Gasteiger charge is 2.27. The number of hydrogen-bond donors (Lipinski definition) is 0. The van der Waals surface area contributed by atoms with E-state index in [2.05, 4.69) is 6.92 Å². The third kappa shape index (κ3) is 5.55. The fourth-order valence-electron chi connectivity index (χ4n) is 3.66. The highest BCUT2D eigenvalue weighted by Crippen LogP contribution is 2.35. The molecule has 0 amide bonds. The molecule has 1 saturated carbocycles. The van der Waals surface area contributed by atoms with Crippen molar-refractivity contribution >= 4 is 0 Å². The Kier molecular flexibility index (Phi) is 7.91. The van der Waals surface area contributed by atoms with Gasteiger partial charge in [-0.3, -0.25) is 0 Å². The van der Waals surface area contributed by atoms with Crippen LogP contribution in [0.3, 0.4) is 0 Å². The Morgan fingerprint density at radius 1 is 1.00 bits per heavy atom. The van der Waals surface area contributed by atoms with Crippen LogP contribution in [0, 0.1) is 23.5 Å². The fourth-order valence-corrected chi connectivity index (χ4v) is 3.66. The third-order valence-electron chi connectivity index (χ3n) is 5.06. The van der Waals surface area contributed by atoms with Crippen molar-refractivity contribution in [1.29, 1.82) is 0 Å². The first-order valence-corrected chi connectivity index (χ1v) is 9.44. The Balaban J connectivity index is 1.78. The molecule has 1 aromatic rings. The molecule has 25 heavy (non-hydrogen) atoms. The van der Waals surface area contributed by atoms with E-state index in [-0.39, 0.29) is 37.1 Å². The number of ether oxygens (including phenoxy) is 2. The van der Waals surface area contributed by atoms with Gasteiger partial charge in [-0.25, -0.2) is 4.39 Å². The molecule has 0 N–H and O–H groups in total. The SMILES string of the molecule is CCCC1CCC(C(F)CCOc2ccc(OCC)c(F)c2F)CC1. The van der Waals surface area contributed by atoms with E-state index in [1.165, 1.54) is 25.0 Å². The number of benzene rings is 1. The number of alkyl halides is 1. The average molecular weight is 358 g/mol. The van der Waals surface area contributed by atoms with Crippen LogP contribution in [-0.2, 0) is 0 Å². The van der Waals surface area contributed by atoms with Gasteiger partial charge in [0.05, 0.1) is 13.2 Å². The van der Waals surface area contributed by atoms with E-state index >= 15 is 0 Å². The largest absolute Gasteiger partial charge is 0.491 e. The molecule has 142 valence electrons. The number of hydrogen-bond acceptors (Lipinski definition) is 2. The van der Waals surface area contributed by atoms with Gasteiger partial charge in [-0.15, -0.1) is 0 Å². The second-order valence-electron chi connectivity index (χ2n) is 6.85. The summed E-state index contributed by atoms with van der Waals surface area (Å²) < 4.78 is 52.3. The van der Waals surface area contributed by atoms with E-state index in [1.807, 2.05) is 0 Å². The Labute approximate surface area is 148 Å². The lowest BCUT2D eigenvalue weighted by Gasteiger charge is -2.30. The normalized spacial score (nSPS) is 21.8. The van der Waals surface area contributed by atoms with Gasteiger partial charge in [0.15, 0.2) is 11.5 Å². The van der Waals surface area contributed by atoms with Gasteiger partial charge >= 0.3 is 0 Å².